The van der Waals surface area contributed by atoms with Gasteiger partial charge in [0, 0.05) is 11.5 Å². The maximum absolute atomic E-state index is 13.2. The summed E-state index contributed by atoms with van der Waals surface area (Å²) in [5.74, 6) is -0.668. The highest BCUT2D eigenvalue weighted by molar-refractivity contribution is 5.52. The minimum atomic E-state index is -0.917. The van der Waals surface area contributed by atoms with Crippen LogP contribution in [0.15, 0.2) is 22.7 Å². The lowest BCUT2D eigenvalue weighted by atomic mass is 9.98. The van der Waals surface area contributed by atoms with Crippen LogP contribution >= 0.6 is 0 Å². The summed E-state index contributed by atoms with van der Waals surface area (Å²) < 4.78 is 31.1. The van der Waals surface area contributed by atoms with Crippen LogP contribution in [0.4, 0.5) is 8.78 Å². The van der Waals surface area contributed by atoms with E-state index in [4.69, 9.17) is 4.52 Å². The molecule has 0 unspecified atom stereocenters. The van der Waals surface area contributed by atoms with Crippen molar-refractivity contribution >= 4 is 0 Å². The monoisotopic (exact) mass is 265 g/mol. The Kier molecular flexibility index (Phi) is 3.25. The molecule has 1 aromatic carbocycles. The zero-order valence-electron chi connectivity index (χ0n) is 10.2. The molecule has 2 heterocycles. The van der Waals surface area contributed by atoms with E-state index in [-0.39, 0.29) is 11.8 Å². The summed E-state index contributed by atoms with van der Waals surface area (Å²) in [7, 11) is 0. The molecule has 4 nitrogen and oxygen atoms in total. The Hall–Kier alpha value is -1.82. The second-order valence-electron chi connectivity index (χ2n) is 4.61. The van der Waals surface area contributed by atoms with Gasteiger partial charge in [-0.2, -0.15) is 4.98 Å². The molecule has 1 fully saturated rings. The van der Waals surface area contributed by atoms with E-state index in [1.54, 1.807) is 0 Å². The van der Waals surface area contributed by atoms with E-state index in [0.717, 1.165) is 38.1 Å². The zero-order valence-corrected chi connectivity index (χ0v) is 10.2. The third kappa shape index (κ3) is 2.49. The summed E-state index contributed by atoms with van der Waals surface area (Å²) in [6.07, 6.45) is 1.91. The quantitative estimate of drug-likeness (QED) is 0.906. The van der Waals surface area contributed by atoms with Crippen molar-refractivity contribution < 1.29 is 13.3 Å². The van der Waals surface area contributed by atoms with Crippen LogP contribution in [0.5, 0.6) is 0 Å². The lowest BCUT2D eigenvalue weighted by Crippen LogP contribution is -2.27. The van der Waals surface area contributed by atoms with Gasteiger partial charge in [0.15, 0.2) is 17.5 Å². The molecule has 0 radical (unpaired) electrons. The van der Waals surface area contributed by atoms with Crippen LogP contribution in [0.2, 0.25) is 0 Å². The van der Waals surface area contributed by atoms with E-state index >= 15 is 0 Å². The van der Waals surface area contributed by atoms with Gasteiger partial charge in [0.2, 0.25) is 0 Å². The SMILES string of the molecule is Fc1ccc(-c2nc(C3CCNCC3)no2)cc1F. The highest BCUT2D eigenvalue weighted by atomic mass is 19.2. The van der Waals surface area contributed by atoms with Gasteiger partial charge in [-0.15, -0.1) is 0 Å². The van der Waals surface area contributed by atoms with Crippen molar-refractivity contribution in [2.75, 3.05) is 13.1 Å². The molecule has 0 amide bonds. The van der Waals surface area contributed by atoms with Gasteiger partial charge in [-0.3, -0.25) is 0 Å². The van der Waals surface area contributed by atoms with Crippen molar-refractivity contribution in [1.82, 2.24) is 15.5 Å². The topological polar surface area (TPSA) is 51.0 Å². The zero-order chi connectivity index (χ0) is 13.2. The second-order valence-corrected chi connectivity index (χ2v) is 4.61. The Balaban J connectivity index is 1.85. The number of piperidine rings is 1. The van der Waals surface area contributed by atoms with Crippen LogP contribution in [-0.4, -0.2) is 23.2 Å². The summed E-state index contributed by atoms with van der Waals surface area (Å²) >= 11 is 0. The van der Waals surface area contributed by atoms with Crippen molar-refractivity contribution in [3.8, 4) is 11.5 Å². The standard InChI is InChI=1S/C13H13F2N3O/c14-10-2-1-9(7-11(10)15)13-17-12(18-19-13)8-3-5-16-6-4-8/h1-2,7-8,16H,3-6H2. The summed E-state index contributed by atoms with van der Waals surface area (Å²) in [6.45, 7) is 1.86. The minimum absolute atomic E-state index is 0.229. The number of rotatable bonds is 2. The Labute approximate surface area is 108 Å². The first-order chi connectivity index (χ1) is 9.24. The fourth-order valence-electron chi connectivity index (χ4n) is 2.23. The van der Waals surface area contributed by atoms with Gasteiger partial charge in [0.05, 0.1) is 0 Å². The molecule has 19 heavy (non-hydrogen) atoms. The van der Waals surface area contributed by atoms with Crippen LogP contribution in [0.1, 0.15) is 24.6 Å². The molecule has 0 saturated carbocycles. The molecule has 1 saturated heterocycles. The number of hydrogen-bond donors (Lipinski definition) is 1. The van der Waals surface area contributed by atoms with Gasteiger partial charge in [-0.05, 0) is 44.1 Å². The molecule has 1 aromatic heterocycles. The summed E-state index contributed by atoms with van der Waals surface area (Å²) in [6, 6.07) is 3.55. The first-order valence-electron chi connectivity index (χ1n) is 6.24. The van der Waals surface area contributed by atoms with Crippen molar-refractivity contribution in [2.24, 2.45) is 0 Å². The van der Waals surface area contributed by atoms with E-state index < -0.39 is 11.6 Å². The predicted octanol–water partition coefficient (Wildman–Crippen LogP) is 2.48. The molecule has 0 aliphatic carbocycles. The van der Waals surface area contributed by atoms with Crippen LogP contribution in [0, 0.1) is 11.6 Å². The van der Waals surface area contributed by atoms with Crippen LogP contribution < -0.4 is 5.32 Å². The number of halogens is 2. The average Bonchev–Trinajstić information content (AvgIpc) is 2.93. The van der Waals surface area contributed by atoms with Gasteiger partial charge in [0.25, 0.3) is 5.89 Å². The molecule has 3 rings (SSSR count). The Morgan fingerprint density at radius 3 is 2.68 bits per heavy atom. The van der Waals surface area contributed by atoms with Gasteiger partial charge < -0.3 is 9.84 Å². The maximum Gasteiger partial charge on any atom is 0.258 e. The number of nitrogens with zero attached hydrogens (tertiary/aromatic N) is 2. The number of nitrogens with one attached hydrogen (secondary N) is 1. The first-order valence-corrected chi connectivity index (χ1v) is 6.24. The van der Waals surface area contributed by atoms with Crippen molar-refractivity contribution in [1.29, 1.82) is 0 Å². The second kappa shape index (κ2) is 5.05. The fraction of sp³-hybridized carbons (Fsp3) is 0.385. The lowest BCUT2D eigenvalue weighted by molar-refractivity contribution is 0.392. The molecule has 0 spiro atoms. The normalized spacial score (nSPS) is 16.7. The molecule has 6 heteroatoms. The number of hydrogen-bond acceptors (Lipinski definition) is 4. The molecule has 1 aliphatic rings. The van der Waals surface area contributed by atoms with E-state index in [9.17, 15) is 8.78 Å². The maximum atomic E-state index is 13.2. The summed E-state index contributed by atoms with van der Waals surface area (Å²) in [5.41, 5.74) is 0.395. The van der Waals surface area contributed by atoms with Gasteiger partial charge in [-0.1, -0.05) is 5.16 Å². The third-order valence-corrected chi connectivity index (χ3v) is 3.31. The third-order valence-electron chi connectivity index (χ3n) is 3.31. The molecule has 0 bridgehead atoms. The van der Waals surface area contributed by atoms with Gasteiger partial charge in [-0.25, -0.2) is 8.78 Å². The van der Waals surface area contributed by atoms with E-state index in [0.29, 0.717) is 11.4 Å². The summed E-state index contributed by atoms with van der Waals surface area (Å²) in [5, 5.41) is 7.20. The Bertz CT molecular complexity index is 579. The molecular weight excluding hydrogens is 252 g/mol. The largest absolute Gasteiger partial charge is 0.334 e. The first kappa shape index (κ1) is 12.2. The molecular formula is C13H13F2N3O. The molecule has 2 aromatic rings. The van der Waals surface area contributed by atoms with E-state index in [1.165, 1.54) is 6.07 Å². The smallest absolute Gasteiger partial charge is 0.258 e. The number of benzene rings is 1. The van der Waals surface area contributed by atoms with Crippen LogP contribution in [-0.2, 0) is 0 Å². The molecule has 0 atom stereocenters. The lowest BCUT2D eigenvalue weighted by Gasteiger charge is -2.18. The molecule has 1 aliphatic heterocycles. The van der Waals surface area contributed by atoms with Crippen molar-refractivity contribution in [3.63, 3.8) is 0 Å². The minimum Gasteiger partial charge on any atom is -0.334 e. The highest BCUT2D eigenvalue weighted by Crippen LogP contribution is 2.26. The highest BCUT2D eigenvalue weighted by Gasteiger charge is 2.21. The summed E-state index contributed by atoms with van der Waals surface area (Å²) in [4.78, 5) is 4.28. The molecule has 100 valence electrons. The van der Waals surface area contributed by atoms with Crippen molar-refractivity contribution in [3.05, 3.63) is 35.7 Å². The van der Waals surface area contributed by atoms with Crippen LogP contribution in [0.25, 0.3) is 11.5 Å². The van der Waals surface area contributed by atoms with E-state index in [2.05, 4.69) is 15.5 Å². The van der Waals surface area contributed by atoms with E-state index in [1.807, 2.05) is 0 Å². The van der Waals surface area contributed by atoms with Gasteiger partial charge >= 0.3 is 0 Å². The van der Waals surface area contributed by atoms with Gasteiger partial charge in [0.1, 0.15) is 0 Å². The van der Waals surface area contributed by atoms with Crippen LogP contribution in [0.3, 0.4) is 0 Å². The Morgan fingerprint density at radius 2 is 1.95 bits per heavy atom. The molecule has 1 N–H and O–H groups in total. The predicted molar refractivity (Wildman–Crippen MR) is 64.5 cm³/mol. The Morgan fingerprint density at radius 1 is 1.16 bits per heavy atom. The number of aromatic nitrogens is 2. The fourth-order valence-corrected chi connectivity index (χ4v) is 2.23. The van der Waals surface area contributed by atoms with Crippen molar-refractivity contribution in [2.45, 2.75) is 18.8 Å². The average molecular weight is 265 g/mol.